The van der Waals surface area contributed by atoms with Crippen LogP contribution in [0.15, 0.2) is 12.1 Å². The molecule has 1 heterocycles. The molecule has 0 bridgehead atoms. The molecule has 1 aromatic heterocycles. The Hall–Kier alpha value is -2.23. The number of halogens is 1. The number of ether oxygens (including phenoxy) is 2. The lowest BCUT2D eigenvalue weighted by atomic mass is 10.0. The molecule has 0 aliphatic carbocycles. The number of fused-ring (bicyclic) bond motifs is 1. The monoisotopic (exact) mass is 365 g/mol. The highest BCUT2D eigenvalue weighted by atomic mass is 35.5. The van der Waals surface area contributed by atoms with Crippen molar-refractivity contribution in [3.63, 3.8) is 0 Å². The molecule has 0 N–H and O–H groups in total. The number of nitrogens with zero attached hydrogens (tertiary/aromatic N) is 3. The predicted octanol–water partition coefficient (Wildman–Crippen LogP) is 2.53. The summed E-state index contributed by atoms with van der Waals surface area (Å²) < 4.78 is 12.3. The van der Waals surface area contributed by atoms with Gasteiger partial charge < -0.3 is 18.9 Å². The zero-order valence-corrected chi connectivity index (χ0v) is 16.1. The molecule has 2 rings (SSSR count). The van der Waals surface area contributed by atoms with E-state index in [1.54, 1.807) is 6.07 Å². The van der Waals surface area contributed by atoms with Gasteiger partial charge in [0, 0.05) is 24.2 Å². The predicted molar refractivity (Wildman–Crippen MR) is 99.5 cm³/mol. The van der Waals surface area contributed by atoms with Gasteiger partial charge in [-0.1, -0.05) is 0 Å². The molecule has 25 heavy (non-hydrogen) atoms. The van der Waals surface area contributed by atoms with Crippen molar-refractivity contribution in [3.05, 3.63) is 29.0 Å². The van der Waals surface area contributed by atoms with Gasteiger partial charge >= 0.3 is 5.97 Å². The number of hydrogen-bond donors (Lipinski definition) is 0. The maximum atomic E-state index is 11.9. The van der Waals surface area contributed by atoms with Crippen molar-refractivity contribution in [2.24, 2.45) is 0 Å². The second-order valence-corrected chi connectivity index (χ2v) is 5.92. The fourth-order valence-corrected chi connectivity index (χ4v) is 2.93. The largest absolute Gasteiger partial charge is 0.495 e. The minimum Gasteiger partial charge on any atom is -0.495 e. The summed E-state index contributed by atoms with van der Waals surface area (Å²) in [4.78, 5) is 13.9. The van der Waals surface area contributed by atoms with Crippen molar-refractivity contribution in [1.82, 2.24) is 9.47 Å². The second-order valence-electron chi connectivity index (χ2n) is 5.92. The molecule has 0 aliphatic rings. The number of hydrogen-bond acceptors (Lipinski definition) is 5. The summed E-state index contributed by atoms with van der Waals surface area (Å²) >= 11 is 0. The maximum absolute atomic E-state index is 11.9. The molecule has 2 aromatic rings. The van der Waals surface area contributed by atoms with Gasteiger partial charge in [-0.2, -0.15) is 5.26 Å². The summed E-state index contributed by atoms with van der Waals surface area (Å²) in [6.07, 6.45) is 0.135. The van der Waals surface area contributed by atoms with Crippen LogP contribution in [-0.2, 0) is 22.5 Å². The van der Waals surface area contributed by atoms with Crippen LogP contribution in [0.1, 0.15) is 16.8 Å². The number of carbonyl (C=O) groups excluding carboxylic acids is 1. The topological polar surface area (TPSA) is 67.5 Å². The summed E-state index contributed by atoms with van der Waals surface area (Å²) in [6, 6.07) is 5.97. The van der Waals surface area contributed by atoms with Crippen LogP contribution in [0, 0.1) is 18.3 Å². The standard InChI is InChI=1S/C18H23N3O3.ClH/c1-12-13(10-17(22)24-5)18-14(11-19)16(23-4)7-6-15(18)21(12)9-8-20(2)3;/h6-7H,8-10H2,1-5H3;1H. The third-order valence-corrected chi connectivity index (χ3v) is 4.23. The normalized spacial score (nSPS) is 10.4. The van der Waals surface area contributed by atoms with E-state index in [1.807, 2.05) is 27.1 Å². The van der Waals surface area contributed by atoms with Crippen LogP contribution in [-0.4, -0.2) is 50.3 Å². The van der Waals surface area contributed by atoms with Gasteiger partial charge in [0.2, 0.25) is 0 Å². The molecule has 0 fully saturated rings. The van der Waals surface area contributed by atoms with E-state index in [0.717, 1.165) is 35.2 Å². The van der Waals surface area contributed by atoms with E-state index in [1.165, 1.54) is 14.2 Å². The summed E-state index contributed by atoms with van der Waals surface area (Å²) in [5.74, 6) is 0.192. The summed E-state index contributed by atoms with van der Waals surface area (Å²) in [6.45, 7) is 3.60. The zero-order valence-electron chi connectivity index (χ0n) is 15.3. The second kappa shape index (κ2) is 8.75. The Labute approximate surface area is 154 Å². The Morgan fingerprint density at radius 3 is 2.52 bits per heavy atom. The summed E-state index contributed by atoms with van der Waals surface area (Å²) in [7, 11) is 6.94. The Morgan fingerprint density at radius 1 is 1.32 bits per heavy atom. The highest BCUT2D eigenvalue weighted by molar-refractivity contribution is 5.95. The Bertz CT molecular complexity index is 806. The molecule has 136 valence electrons. The average Bonchev–Trinajstić information content (AvgIpc) is 2.83. The van der Waals surface area contributed by atoms with Crippen LogP contribution in [0.4, 0.5) is 0 Å². The van der Waals surface area contributed by atoms with Crippen LogP contribution in [0.5, 0.6) is 5.75 Å². The fourth-order valence-electron chi connectivity index (χ4n) is 2.93. The lowest BCUT2D eigenvalue weighted by molar-refractivity contribution is -0.139. The summed E-state index contributed by atoms with van der Waals surface area (Å²) in [5, 5.41) is 10.4. The van der Waals surface area contributed by atoms with Crippen molar-refractivity contribution < 1.29 is 14.3 Å². The minimum absolute atomic E-state index is 0. The van der Waals surface area contributed by atoms with E-state index in [9.17, 15) is 10.1 Å². The zero-order chi connectivity index (χ0) is 17.9. The first-order chi connectivity index (χ1) is 11.4. The van der Waals surface area contributed by atoms with Gasteiger partial charge in [0.1, 0.15) is 17.4 Å². The van der Waals surface area contributed by atoms with Gasteiger partial charge in [-0.25, -0.2) is 0 Å². The number of aromatic nitrogens is 1. The number of benzene rings is 1. The number of rotatable bonds is 6. The molecule has 0 saturated carbocycles. The number of carbonyl (C=O) groups is 1. The van der Waals surface area contributed by atoms with E-state index in [0.29, 0.717) is 11.3 Å². The van der Waals surface area contributed by atoms with Crippen LogP contribution in [0.3, 0.4) is 0 Å². The molecule has 0 radical (unpaired) electrons. The number of likely N-dealkylation sites (N-methyl/N-ethyl adjacent to an activating group) is 1. The van der Waals surface area contributed by atoms with E-state index >= 15 is 0 Å². The van der Waals surface area contributed by atoms with Gasteiger partial charge in [0.15, 0.2) is 0 Å². The average molecular weight is 366 g/mol. The van der Waals surface area contributed by atoms with E-state index in [2.05, 4.69) is 15.5 Å². The molecule has 7 heteroatoms. The van der Waals surface area contributed by atoms with Crippen molar-refractivity contribution in [3.8, 4) is 11.8 Å². The van der Waals surface area contributed by atoms with Crippen LogP contribution in [0.2, 0.25) is 0 Å². The van der Waals surface area contributed by atoms with E-state index in [-0.39, 0.29) is 24.8 Å². The van der Waals surface area contributed by atoms with E-state index < -0.39 is 0 Å². The number of esters is 1. The van der Waals surface area contributed by atoms with Gasteiger partial charge in [0.25, 0.3) is 0 Å². The van der Waals surface area contributed by atoms with E-state index in [4.69, 9.17) is 9.47 Å². The number of methoxy groups -OCH3 is 2. The molecule has 0 amide bonds. The van der Waals surface area contributed by atoms with Crippen molar-refractivity contribution in [2.45, 2.75) is 19.9 Å². The molecule has 6 nitrogen and oxygen atoms in total. The lowest BCUT2D eigenvalue weighted by Crippen LogP contribution is -2.19. The minimum atomic E-state index is -0.323. The van der Waals surface area contributed by atoms with Crippen LogP contribution < -0.4 is 4.74 Å². The van der Waals surface area contributed by atoms with Gasteiger partial charge in [-0.3, -0.25) is 4.79 Å². The maximum Gasteiger partial charge on any atom is 0.310 e. The first-order valence-corrected chi connectivity index (χ1v) is 7.74. The van der Waals surface area contributed by atoms with Crippen molar-refractivity contribution in [1.29, 1.82) is 5.26 Å². The highest BCUT2D eigenvalue weighted by Crippen LogP contribution is 2.34. The quantitative estimate of drug-likeness (QED) is 0.736. The molecule has 0 unspecified atom stereocenters. The van der Waals surface area contributed by atoms with Gasteiger partial charge in [-0.05, 0) is 38.7 Å². The summed E-state index contributed by atoms with van der Waals surface area (Å²) in [5.41, 5.74) is 3.19. The first kappa shape index (κ1) is 20.8. The van der Waals surface area contributed by atoms with Crippen LogP contribution >= 0.6 is 12.4 Å². The Morgan fingerprint density at radius 2 is 2.00 bits per heavy atom. The number of nitriles is 1. The molecule has 0 saturated heterocycles. The third kappa shape index (κ3) is 4.06. The van der Waals surface area contributed by atoms with Crippen molar-refractivity contribution >= 4 is 29.3 Å². The molecule has 0 spiro atoms. The Balaban J connectivity index is 0.00000312. The molecular formula is C18H24ClN3O3. The first-order valence-electron chi connectivity index (χ1n) is 7.74. The highest BCUT2D eigenvalue weighted by Gasteiger charge is 2.22. The Kier molecular flexibility index (Phi) is 7.28. The van der Waals surface area contributed by atoms with Crippen molar-refractivity contribution in [2.75, 3.05) is 34.9 Å². The molecule has 0 atom stereocenters. The SMILES string of the molecule is COC(=O)Cc1c(C)n(CCN(C)C)c2ccc(OC)c(C#N)c12.Cl. The molecular weight excluding hydrogens is 342 g/mol. The molecule has 0 aliphatic heterocycles. The molecule has 1 aromatic carbocycles. The third-order valence-electron chi connectivity index (χ3n) is 4.23. The van der Waals surface area contributed by atoms with Gasteiger partial charge in [-0.15, -0.1) is 12.4 Å². The lowest BCUT2D eigenvalue weighted by Gasteiger charge is -2.13. The fraction of sp³-hybridized carbons (Fsp3) is 0.444. The van der Waals surface area contributed by atoms with Crippen LogP contribution in [0.25, 0.3) is 10.9 Å². The smallest absolute Gasteiger partial charge is 0.310 e. The van der Waals surface area contributed by atoms with Gasteiger partial charge in [0.05, 0.1) is 26.2 Å².